The number of amides is 5. The number of carbonyl (C=O) groups excluding carboxylic acids is 6. The Morgan fingerprint density at radius 1 is 0.804 bits per heavy atom. The minimum absolute atomic E-state index is 0.0303. The fourth-order valence-electron chi connectivity index (χ4n) is 5.83. The van der Waals surface area contributed by atoms with Gasteiger partial charge in [-0.25, -0.2) is 4.79 Å². The number of nitrogens with one attached hydrogen (secondary N) is 4. The maximum Gasteiger partial charge on any atom is 0.407 e. The molecule has 0 aromatic rings. The fourth-order valence-corrected chi connectivity index (χ4v) is 5.83. The standard InChI is InChI=1S/C39H65N5O7/c1-12-22-39(10,11)23-18-21-29(44(13-2)33(47)24-31(37(4,5)6)43-36(50)51-38(7,8)9)34(48)40-25-30(45)35(49)41-26-32(46)42-27(3)28-19-16-14-15-17-20-28/h14-17,19-20,27-29,31H,12-13,18,21-26H2,1-11H3,(H,40,48)(H,41,49)(H,42,46)(H,43,50). The zero-order valence-corrected chi connectivity index (χ0v) is 32.9. The van der Waals surface area contributed by atoms with E-state index in [4.69, 9.17) is 4.74 Å². The van der Waals surface area contributed by atoms with Gasteiger partial charge in [0.05, 0.1) is 13.1 Å². The van der Waals surface area contributed by atoms with Crippen LogP contribution in [0.25, 0.3) is 0 Å². The number of allylic oxidation sites excluding steroid dienone is 4. The summed E-state index contributed by atoms with van der Waals surface area (Å²) in [4.78, 5) is 79.4. The van der Waals surface area contributed by atoms with Crippen molar-refractivity contribution < 1.29 is 33.5 Å². The van der Waals surface area contributed by atoms with E-state index >= 15 is 0 Å². The number of Topliss-reactive ketones (excluding diaryl/α,β-unsaturated/α-hetero) is 1. The third kappa shape index (κ3) is 17.7. The molecule has 12 nitrogen and oxygen atoms in total. The lowest BCUT2D eigenvalue weighted by Gasteiger charge is -2.36. The van der Waals surface area contributed by atoms with Crippen molar-refractivity contribution in [2.24, 2.45) is 16.7 Å². The molecule has 0 saturated carbocycles. The van der Waals surface area contributed by atoms with Crippen LogP contribution < -0.4 is 21.3 Å². The van der Waals surface area contributed by atoms with Gasteiger partial charge in [0.15, 0.2) is 0 Å². The molecular weight excluding hydrogens is 650 g/mol. The van der Waals surface area contributed by atoms with Gasteiger partial charge in [-0.05, 0) is 64.7 Å². The molecule has 5 amide bonds. The van der Waals surface area contributed by atoms with Gasteiger partial charge in [0.25, 0.3) is 5.91 Å². The molecule has 1 aliphatic carbocycles. The first-order chi connectivity index (χ1) is 23.6. The first-order valence-electron chi connectivity index (χ1n) is 18.3. The largest absolute Gasteiger partial charge is 0.444 e. The zero-order valence-electron chi connectivity index (χ0n) is 32.9. The Labute approximate surface area is 306 Å². The number of nitrogens with zero attached hydrogens (tertiary/aromatic N) is 1. The van der Waals surface area contributed by atoms with Crippen molar-refractivity contribution in [2.75, 3.05) is 19.6 Å². The van der Waals surface area contributed by atoms with E-state index < -0.39 is 65.8 Å². The molecule has 0 aromatic heterocycles. The summed E-state index contributed by atoms with van der Waals surface area (Å²) in [5.41, 5.74) is -1.19. The van der Waals surface area contributed by atoms with Crippen LogP contribution in [0.3, 0.4) is 0 Å². The number of ketones is 1. The van der Waals surface area contributed by atoms with Crippen molar-refractivity contribution in [1.29, 1.82) is 0 Å². The average Bonchev–Trinajstić information content (AvgIpc) is 3.30. The van der Waals surface area contributed by atoms with Gasteiger partial charge in [-0.15, -0.1) is 0 Å². The highest BCUT2D eigenvalue weighted by Gasteiger charge is 2.35. The lowest BCUT2D eigenvalue weighted by Crippen LogP contribution is -2.54. The topological polar surface area (TPSA) is 163 Å². The summed E-state index contributed by atoms with van der Waals surface area (Å²) in [6, 6.07) is -1.74. The van der Waals surface area contributed by atoms with Gasteiger partial charge in [-0.3, -0.25) is 24.0 Å². The molecule has 1 aliphatic rings. The monoisotopic (exact) mass is 715 g/mol. The maximum atomic E-state index is 13.9. The van der Waals surface area contributed by atoms with E-state index in [1.54, 1.807) is 27.7 Å². The molecular formula is C39H65N5O7. The molecule has 12 heteroatoms. The zero-order chi connectivity index (χ0) is 39.0. The first kappa shape index (κ1) is 45.1. The molecule has 3 atom stereocenters. The Bertz CT molecular complexity index is 1270. The Morgan fingerprint density at radius 2 is 1.41 bits per heavy atom. The molecule has 0 radical (unpaired) electrons. The van der Waals surface area contributed by atoms with Crippen LogP contribution in [0.2, 0.25) is 0 Å². The van der Waals surface area contributed by atoms with Crippen molar-refractivity contribution in [3.8, 4) is 0 Å². The SMILES string of the molecule is CCCC(C)(C)CCCC(C(=O)NCC(=O)C(=O)NCC(=O)NC(C)C1C=CC=CC=C1)N(CC)C(=O)CC(NC(=O)OC(C)(C)C)C(C)(C)C. The van der Waals surface area contributed by atoms with Gasteiger partial charge in [0.2, 0.25) is 23.5 Å². The molecule has 0 aliphatic heterocycles. The first-order valence-corrected chi connectivity index (χ1v) is 18.3. The number of likely N-dealkylation sites (N-methyl/N-ethyl adjacent to an activating group) is 1. The minimum atomic E-state index is -1.00. The molecule has 4 N–H and O–H groups in total. The van der Waals surface area contributed by atoms with Gasteiger partial charge in [-0.2, -0.15) is 0 Å². The quantitative estimate of drug-likeness (QED) is 0.135. The van der Waals surface area contributed by atoms with Crippen molar-refractivity contribution in [3.05, 3.63) is 36.5 Å². The van der Waals surface area contributed by atoms with Crippen LogP contribution in [-0.2, 0) is 28.7 Å². The number of carbonyl (C=O) groups is 6. The van der Waals surface area contributed by atoms with Crippen LogP contribution in [0, 0.1) is 16.7 Å². The number of ether oxygens (including phenoxy) is 1. The Hall–Kier alpha value is -3.96. The molecule has 1 rings (SSSR count). The lowest BCUT2D eigenvalue weighted by molar-refractivity contribution is -0.142. The summed E-state index contributed by atoms with van der Waals surface area (Å²) in [5.74, 6) is -3.30. The van der Waals surface area contributed by atoms with Crippen molar-refractivity contribution in [1.82, 2.24) is 26.2 Å². The number of rotatable bonds is 19. The maximum absolute atomic E-state index is 13.9. The summed E-state index contributed by atoms with van der Waals surface area (Å²) in [6.07, 6.45) is 14.6. The number of hydrogen-bond acceptors (Lipinski definition) is 7. The van der Waals surface area contributed by atoms with E-state index in [-0.39, 0.29) is 36.2 Å². The molecule has 0 fully saturated rings. The second-order valence-corrected chi connectivity index (χ2v) is 16.2. The molecule has 0 bridgehead atoms. The molecule has 0 heterocycles. The second kappa shape index (κ2) is 20.8. The Kier molecular flexibility index (Phi) is 18.4. The smallest absolute Gasteiger partial charge is 0.407 e. The lowest BCUT2D eigenvalue weighted by atomic mass is 9.82. The molecule has 3 unspecified atom stereocenters. The van der Waals surface area contributed by atoms with E-state index in [1.807, 2.05) is 64.2 Å². The summed E-state index contributed by atoms with van der Waals surface area (Å²) in [5, 5.41) is 10.5. The summed E-state index contributed by atoms with van der Waals surface area (Å²) < 4.78 is 5.44. The molecule has 0 aromatic carbocycles. The van der Waals surface area contributed by atoms with Crippen molar-refractivity contribution in [3.63, 3.8) is 0 Å². The van der Waals surface area contributed by atoms with Crippen LogP contribution in [0.5, 0.6) is 0 Å². The van der Waals surface area contributed by atoms with E-state index in [1.165, 1.54) is 4.90 Å². The summed E-state index contributed by atoms with van der Waals surface area (Å²) in [6.45, 7) is 20.3. The summed E-state index contributed by atoms with van der Waals surface area (Å²) in [7, 11) is 0. The normalized spacial score (nSPS) is 15.2. The predicted molar refractivity (Wildman–Crippen MR) is 200 cm³/mol. The third-order valence-electron chi connectivity index (χ3n) is 8.76. The van der Waals surface area contributed by atoms with Crippen LogP contribution in [0.4, 0.5) is 4.79 Å². The highest BCUT2D eigenvalue weighted by Crippen LogP contribution is 2.30. The van der Waals surface area contributed by atoms with Gasteiger partial charge < -0.3 is 30.9 Å². The minimum Gasteiger partial charge on any atom is -0.444 e. The van der Waals surface area contributed by atoms with Crippen LogP contribution in [0.1, 0.15) is 115 Å². The highest BCUT2D eigenvalue weighted by atomic mass is 16.6. The summed E-state index contributed by atoms with van der Waals surface area (Å²) >= 11 is 0. The van der Waals surface area contributed by atoms with Crippen LogP contribution in [-0.4, -0.2) is 83.8 Å². The van der Waals surface area contributed by atoms with Gasteiger partial charge >= 0.3 is 6.09 Å². The van der Waals surface area contributed by atoms with Gasteiger partial charge in [-0.1, -0.05) is 90.8 Å². The van der Waals surface area contributed by atoms with E-state index in [2.05, 4.69) is 42.0 Å². The van der Waals surface area contributed by atoms with E-state index in [0.717, 1.165) is 19.3 Å². The second-order valence-electron chi connectivity index (χ2n) is 16.2. The molecule has 0 saturated heterocycles. The van der Waals surface area contributed by atoms with Crippen LogP contribution in [0.15, 0.2) is 36.5 Å². The molecule has 51 heavy (non-hydrogen) atoms. The number of hydrogen-bond donors (Lipinski definition) is 4. The Morgan fingerprint density at radius 3 is 1.94 bits per heavy atom. The van der Waals surface area contributed by atoms with Crippen molar-refractivity contribution >= 4 is 35.5 Å². The van der Waals surface area contributed by atoms with Crippen LogP contribution >= 0.6 is 0 Å². The average molecular weight is 716 g/mol. The number of alkyl carbamates (subject to hydrolysis) is 1. The highest BCUT2D eigenvalue weighted by molar-refractivity contribution is 6.37. The van der Waals surface area contributed by atoms with Gasteiger partial charge in [0.1, 0.15) is 11.6 Å². The van der Waals surface area contributed by atoms with Gasteiger partial charge in [0, 0.05) is 31.0 Å². The predicted octanol–water partition coefficient (Wildman–Crippen LogP) is 5.13. The Balaban J connectivity index is 2.99. The fraction of sp³-hybridized carbons (Fsp3) is 0.692. The molecule has 0 spiro atoms. The molecule has 288 valence electrons. The van der Waals surface area contributed by atoms with E-state index in [0.29, 0.717) is 12.8 Å². The van der Waals surface area contributed by atoms with Crippen molar-refractivity contribution in [2.45, 2.75) is 138 Å². The van der Waals surface area contributed by atoms with E-state index in [9.17, 15) is 28.8 Å². The third-order valence-corrected chi connectivity index (χ3v) is 8.76.